The number of nitrogens with zero attached hydrogens (tertiary/aromatic N) is 2. The van der Waals surface area contributed by atoms with E-state index in [0.29, 0.717) is 11.4 Å². The van der Waals surface area contributed by atoms with E-state index in [0.717, 1.165) is 12.8 Å². The molecule has 2 N–H and O–H groups in total. The molecule has 1 atom stereocenters. The fourth-order valence-corrected chi connectivity index (χ4v) is 1.85. The molecule has 1 aromatic heterocycles. The minimum Gasteiger partial charge on any atom is -0.358 e. The largest absolute Gasteiger partial charge is 0.405 e. The quantitative estimate of drug-likeness (QED) is 0.903. The highest BCUT2D eigenvalue weighted by atomic mass is 19.4. The lowest BCUT2D eigenvalue weighted by atomic mass is 10.2. The van der Waals surface area contributed by atoms with Crippen molar-refractivity contribution in [2.24, 2.45) is 5.73 Å². The van der Waals surface area contributed by atoms with E-state index in [9.17, 15) is 13.2 Å². The minimum atomic E-state index is -4.19. The van der Waals surface area contributed by atoms with E-state index in [4.69, 9.17) is 5.73 Å². The lowest BCUT2D eigenvalue weighted by molar-refractivity contribution is -0.120. The first kappa shape index (κ1) is 13.1. The molecule has 0 amide bonds. The van der Waals surface area contributed by atoms with Crippen LogP contribution in [0.1, 0.15) is 31.5 Å². The van der Waals surface area contributed by atoms with E-state index >= 15 is 0 Å². The van der Waals surface area contributed by atoms with Crippen LogP contribution in [0.3, 0.4) is 0 Å². The molecule has 100 valence electrons. The Morgan fingerprint density at radius 1 is 1.44 bits per heavy atom. The molecular formula is C12H16F3N3. The maximum atomic E-state index is 12.5. The fourth-order valence-electron chi connectivity index (χ4n) is 1.85. The maximum Gasteiger partial charge on any atom is 0.405 e. The van der Waals surface area contributed by atoms with Crippen LogP contribution < -0.4 is 10.6 Å². The minimum absolute atomic E-state index is 0.00502. The summed E-state index contributed by atoms with van der Waals surface area (Å²) in [4.78, 5) is 5.48. The highest BCUT2D eigenvalue weighted by Gasteiger charge is 2.38. The van der Waals surface area contributed by atoms with Gasteiger partial charge in [-0.25, -0.2) is 0 Å². The van der Waals surface area contributed by atoms with Gasteiger partial charge in [0.15, 0.2) is 0 Å². The van der Waals surface area contributed by atoms with Crippen LogP contribution in [0, 0.1) is 0 Å². The Balaban J connectivity index is 2.15. The van der Waals surface area contributed by atoms with Crippen molar-refractivity contribution in [3.8, 4) is 0 Å². The molecular weight excluding hydrogens is 243 g/mol. The summed E-state index contributed by atoms with van der Waals surface area (Å²) >= 11 is 0. The van der Waals surface area contributed by atoms with E-state index in [2.05, 4.69) is 4.98 Å². The van der Waals surface area contributed by atoms with Crippen LogP contribution in [0.4, 0.5) is 18.9 Å². The lowest BCUT2D eigenvalue weighted by Crippen LogP contribution is -2.36. The zero-order valence-corrected chi connectivity index (χ0v) is 10.1. The highest BCUT2D eigenvalue weighted by Crippen LogP contribution is 2.34. The average Bonchev–Trinajstić information content (AvgIpc) is 3.08. The predicted octanol–water partition coefficient (Wildman–Crippen LogP) is 2.63. The fraction of sp³-hybridized carbons (Fsp3) is 0.583. The van der Waals surface area contributed by atoms with Gasteiger partial charge in [-0.2, -0.15) is 13.2 Å². The highest BCUT2D eigenvalue weighted by molar-refractivity contribution is 5.47. The summed E-state index contributed by atoms with van der Waals surface area (Å²) in [6, 6.07) is 3.13. The van der Waals surface area contributed by atoms with Gasteiger partial charge in [-0.3, -0.25) is 4.98 Å². The number of hydrogen-bond acceptors (Lipinski definition) is 3. The van der Waals surface area contributed by atoms with Gasteiger partial charge in [-0.05, 0) is 31.9 Å². The number of pyridine rings is 1. The van der Waals surface area contributed by atoms with Gasteiger partial charge in [0.1, 0.15) is 6.54 Å². The molecule has 6 heteroatoms. The standard InChI is InChI=1S/C12H16F3N3/c1-8(16)11-5-4-10(6-17-11)18(9-2-3-9)7-12(13,14)15/h4-6,8-9H,2-3,7,16H2,1H3. The van der Waals surface area contributed by atoms with Crippen molar-refractivity contribution in [2.75, 3.05) is 11.4 Å². The van der Waals surface area contributed by atoms with Gasteiger partial charge < -0.3 is 10.6 Å². The van der Waals surface area contributed by atoms with E-state index in [1.807, 2.05) is 0 Å². The lowest BCUT2D eigenvalue weighted by Gasteiger charge is -2.25. The van der Waals surface area contributed by atoms with Crippen molar-refractivity contribution in [3.05, 3.63) is 24.0 Å². The van der Waals surface area contributed by atoms with Crippen molar-refractivity contribution in [2.45, 2.75) is 38.0 Å². The van der Waals surface area contributed by atoms with E-state index < -0.39 is 12.7 Å². The second-order valence-electron chi connectivity index (χ2n) is 4.70. The van der Waals surface area contributed by atoms with Crippen molar-refractivity contribution in [1.29, 1.82) is 0 Å². The molecule has 1 unspecified atom stereocenters. The molecule has 0 aromatic carbocycles. The maximum absolute atomic E-state index is 12.5. The van der Waals surface area contributed by atoms with Crippen LogP contribution in [0.2, 0.25) is 0 Å². The molecule has 0 radical (unpaired) electrons. The molecule has 18 heavy (non-hydrogen) atoms. The number of hydrogen-bond donors (Lipinski definition) is 1. The number of rotatable bonds is 4. The number of alkyl halides is 3. The summed E-state index contributed by atoms with van der Waals surface area (Å²) in [5, 5.41) is 0. The molecule has 0 spiro atoms. The van der Waals surface area contributed by atoms with Gasteiger partial charge in [0.05, 0.1) is 17.6 Å². The Bertz CT molecular complexity index is 396. The normalized spacial score (nSPS) is 17.6. The van der Waals surface area contributed by atoms with E-state index in [1.54, 1.807) is 19.1 Å². The summed E-state index contributed by atoms with van der Waals surface area (Å²) < 4.78 is 37.5. The van der Waals surface area contributed by atoms with Crippen LogP contribution in [-0.4, -0.2) is 23.7 Å². The first-order valence-corrected chi connectivity index (χ1v) is 5.92. The van der Waals surface area contributed by atoms with Crippen LogP contribution >= 0.6 is 0 Å². The molecule has 1 aliphatic rings. The molecule has 0 aliphatic heterocycles. The van der Waals surface area contributed by atoms with Gasteiger partial charge in [-0.15, -0.1) is 0 Å². The van der Waals surface area contributed by atoms with E-state index in [1.165, 1.54) is 11.1 Å². The molecule has 1 saturated carbocycles. The van der Waals surface area contributed by atoms with Gasteiger partial charge in [0.25, 0.3) is 0 Å². The summed E-state index contributed by atoms with van der Waals surface area (Å²) in [6.45, 7) is 0.868. The molecule has 1 fully saturated rings. The Morgan fingerprint density at radius 3 is 2.50 bits per heavy atom. The average molecular weight is 259 g/mol. The van der Waals surface area contributed by atoms with E-state index in [-0.39, 0.29) is 12.1 Å². The van der Waals surface area contributed by atoms with Crippen molar-refractivity contribution < 1.29 is 13.2 Å². The summed E-state index contributed by atoms with van der Waals surface area (Å²) in [7, 11) is 0. The van der Waals surface area contributed by atoms with Gasteiger partial charge in [0.2, 0.25) is 0 Å². The monoisotopic (exact) mass is 259 g/mol. The zero-order chi connectivity index (χ0) is 13.3. The zero-order valence-electron chi connectivity index (χ0n) is 10.1. The number of halogens is 3. The Labute approximate surface area is 104 Å². The third-order valence-electron chi connectivity index (χ3n) is 2.91. The van der Waals surface area contributed by atoms with Gasteiger partial charge >= 0.3 is 6.18 Å². The van der Waals surface area contributed by atoms with Crippen molar-refractivity contribution in [1.82, 2.24) is 4.98 Å². The Hall–Kier alpha value is -1.30. The van der Waals surface area contributed by atoms with Crippen LogP contribution in [0.15, 0.2) is 18.3 Å². The van der Waals surface area contributed by atoms with Crippen molar-refractivity contribution >= 4 is 5.69 Å². The molecule has 1 aromatic rings. The third kappa shape index (κ3) is 3.35. The topological polar surface area (TPSA) is 42.1 Å². The predicted molar refractivity (Wildman–Crippen MR) is 63.3 cm³/mol. The Kier molecular flexibility index (Phi) is 3.47. The Morgan fingerprint density at radius 2 is 2.11 bits per heavy atom. The summed E-state index contributed by atoms with van der Waals surface area (Å²) in [5.41, 5.74) is 6.85. The van der Waals surface area contributed by atoms with Crippen LogP contribution in [0.25, 0.3) is 0 Å². The summed E-state index contributed by atoms with van der Waals surface area (Å²) in [5.74, 6) is 0. The SMILES string of the molecule is CC(N)c1ccc(N(CC(F)(F)F)C2CC2)cn1. The molecule has 1 heterocycles. The molecule has 0 saturated heterocycles. The number of nitrogens with two attached hydrogens (primary N) is 1. The van der Waals surface area contributed by atoms with Gasteiger partial charge in [0, 0.05) is 12.1 Å². The molecule has 0 bridgehead atoms. The third-order valence-corrected chi connectivity index (χ3v) is 2.91. The smallest absolute Gasteiger partial charge is 0.358 e. The second-order valence-corrected chi connectivity index (χ2v) is 4.70. The van der Waals surface area contributed by atoms with Crippen LogP contribution in [-0.2, 0) is 0 Å². The molecule has 3 nitrogen and oxygen atoms in total. The second kappa shape index (κ2) is 4.76. The summed E-state index contributed by atoms with van der Waals surface area (Å²) in [6.07, 6.45) is -1.10. The van der Waals surface area contributed by atoms with Crippen molar-refractivity contribution in [3.63, 3.8) is 0 Å². The molecule has 2 rings (SSSR count). The first-order chi connectivity index (χ1) is 8.37. The number of aromatic nitrogens is 1. The van der Waals surface area contributed by atoms with Crippen LogP contribution in [0.5, 0.6) is 0 Å². The number of anilines is 1. The van der Waals surface area contributed by atoms with Gasteiger partial charge in [-0.1, -0.05) is 0 Å². The first-order valence-electron chi connectivity index (χ1n) is 5.92. The molecule has 1 aliphatic carbocycles.